The van der Waals surface area contributed by atoms with Crippen molar-refractivity contribution in [1.29, 1.82) is 0 Å². The summed E-state index contributed by atoms with van der Waals surface area (Å²) in [6, 6.07) is 17.9. The van der Waals surface area contributed by atoms with E-state index in [1.165, 1.54) is 55.8 Å². The molecule has 1 saturated heterocycles. The second-order valence-electron chi connectivity index (χ2n) is 9.14. The van der Waals surface area contributed by atoms with Gasteiger partial charge in [0.15, 0.2) is 0 Å². The fourth-order valence-corrected chi connectivity index (χ4v) is 5.25. The Hall–Kier alpha value is -2.46. The molecule has 2 aromatic carbocycles. The summed E-state index contributed by atoms with van der Waals surface area (Å²) in [5, 5.41) is 2.52. The van der Waals surface area contributed by atoms with Crippen LogP contribution < -0.4 is 4.90 Å². The summed E-state index contributed by atoms with van der Waals surface area (Å²) in [5.74, 6) is 1.59. The van der Waals surface area contributed by atoms with Gasteiger partial charge in [-0.15, -0.1) is 0 Å². The molecule has 4 heteroatoms. The van der Waals surface area contributed by atoms with Gasteiger partial charge in [0, 0.05) is 37.4 Å². The fourth-order valence-electron chi connectivity index (χ4n) is 5.25. The molecule has 2 aliphatic rings. The van der Waals surface area contributed by atoms with E-state index in [1.54, 1.807) is 0 Å². The van der Waals surface area contributed by atoms with Crippen LogP contribution >= 0.6 is 0 Å². The Bertz CT molecular complexity index is 995. The van der Waals surface area contributed by atoms with Crippen molar-refractivity contribution >= 4 is 16.7 Å². The Balaban J connectivity index is 1.27. The van der Waals surface area contributed by atoms with Gasteiger partial charge in [-0.1, -0.05) is 55.7 Å². The lowest BCUT2D eigenvalue weighted by atomic mass is 9.94. The van der Waals surface area contributed by atoms with Crippen molar-refractivity contribution in [2.45, 2.75) is 44.6 Å². The molecular weight excluding hydrogens is 368 g/mol. The number of rotatable bonds is 5. The van der Waals surface area contributed by atoms with E-state index < -0.39 is 0 Å². The van der Waals surface area contributed by atoms with Gasteiger partial charge in [-0.3, -0.25) is 0 Å². The van der Waals surface area contributed by atoms with Gasteiger partial charge in [0.1, 0.15) is 0 Å². The molecule has 5 rings (SSSR count). The maximum atomic E-state index is 4.94. The minimum absolute atomic E-state index is 0.713. The predicted molar refractivity (Wildman–Crippen MR) is 125 cm³/mol. The van der Waals surface area contributed by atoms with Crippen LogP contribution in [0.4, 0.5) is 5.95 Å². The van der Waals surface area contributed by atoms with Crippen molar-refractivity contribution in [3.05, 3.63) is 54.7 Å². The summed E-state index contributed by atoms with van der Waals surface area (Å²) in [5.41, 5.74) is 2.17. The summed E-state index contributed by atoms with van der Waals surface area (Å²) in [7, 11) is 2.33. The van der Waals surface area contributed by atoms with Crippen molar-refractivity contribution < 1.29 is 0 Å². The lowest BCUT2D eigenvalue weighted by Gasteiger charge is -2.32. The smallest absolute Gasteiger partial charge is 0.225 e. The van der Waals surface area contributed by atoms with Gasteiger partial charge in [0.2, 0.25) is 5.95 Å². The van der Waals surface area contributed by atoms with Gasteiger partial charge < -0.3 is 9.80 Å². The van der Waals surface area contributed by atoms with E-state index in [9.17, 15) is 0 Å². The Morgan fingerprint density at radius 2 is 1.80 bits per heavy atom. The van der Waals surface area contributed by atoms with Gasteiger partial charge in [-0.25, -0.2) is 9.97 Å². The van der Waals surface area contributed by atoms with E-state index in [4.69, 9.17) is 4.98 Å². The zero-order chi connectivity index (χ0) is 20.3. The summed E-state index contributed by atoms with van der Waals surface area (Å²) in [4.78, 5) is 14.6. The third kappa shape index (κ3) is 4.20. The molecule has 0 N–H and O–H groups in total. The third-order valence-electron chi connectivity index (χ3n) is 7.00. The van der Waals surface area contributed by atoms with Crippen LogP contribution in [0.1, 0.15) is 38.5 Å². The Labute approximate surface area is 179 Å². The average molecular weight is 401 g/mol. The van der Waals surface area contributed by atoms with Crippen LogP contribution in [-0.4, -0.2) is 47.6 Å². The SMILES string of the molecule is CN(CC1CCN(c2nccc(-c3ccc4ccccc4c3)n2)C1)C1CCCCC1. The standard InChI is InChI=1S/C26H32N4/c1-29(24-9-3-2-4-10-24)18-20-14-16-30(19-20)26-27-15-13-25(28-26)23-12-11-21-7-5-6-8-22(21)17-23/h5-8,11-13,15,17,20,24H,2-4,9-10,14,16,18-19H2,1H3. The van der Waals surface area contributed by atoms with E-state index in [1.807, 2.05) is 12.3 Å². The van der Waals surface area contributed by atoms with Crippen molar-refractivity contribution in [1.82, 2.24) is 14.9 Å². The van der Waals surface area contributed by atoms with Crippen LogP contribution in [0.15, 0.2) is 54.7 Å². The van der Waals surface area contributed by atoms with Crippen LogP contribution in [0.25, 0.3) is 22.0 Å². The first-order valence-electron chi connectivity index (χ1n) is 11.5. The van der Waals surface area contributed by atoms with Crippen LogP contribution in [0, 0.1) is 5.92 Å². The van der Waals surface area contributed by atoms with Crippen LogP contribution in [0.2, 0.25) is 0 Å². The molecule has 1 aromatic heterocycles. The zero-order valence-electron chi connectivity index (χ0n) is 18.0. The maximum Gasteiger partial charge on any atom is 0.225 e. The first kappa shape index (κ1) is 19.5. The normalized spacial score (nSPS) is 20.3. The van der Waals surface area contributed by atoms with E-state index >= 15 is 0 Å². The van der Waals surface area contributed by atoms with Gasteiger partial charge in [0.25, 0.3) is 0 Å². The largest absolute Gasteiger partial charge is 0.340 e. The van der Waals surface area contributed by atoms with Crippen molar-refractivity contribution in [2.24, 2.45) is 5.92 Å². The van der Waals surface area contributed by atoms with Crippen LogP contribution in [0.3, 0.4) is 0 Å². The molecule has 1 aliphatic carbocycles. The van der Waals surface area contributed by atoms with Gasteiger partial charge in [-0.05, 0) is 55.1 Å². The summed E-state index contributed by atoms with van der Waals surface area (Å²) in [6.07, 6.45) is 10.1. The Morgan fingerprint density at radius 3 is 2.67 bits per heavy atom. The summed E-state index contributed by atoms with van der Waals surface area (Å²) in [6.45, 7) is 3.33. The first-order chi connectivity index (χ1) is 14.8. The molecule has 1 aliphatic heterocycles. The molecule has 2 heterocycles. The van der Waals surface area contributed by atoms with E-state index in [0.29, 0.717) is 5.92 Å². The van der Waals surface area contributed by atoms with Gasteiger partial charge in [-0.2, -0.15) is 0 Å². The minimum atomic E-state index is 0.713. The Morgan fingerprint density at radius 1 is 0.967 bits per heavy atom. The molecule has 1 unspecified atom stereocenters. The highest BCUT2D eigenvalue weighted by Gasteiger charge is 2.28. The fraction of sp³-hybridized carbons (Fsp3) is 0.462. The second kappa shape index (κ2) is 8.73. The lowest BCUT2D eigenvalue weighted by molar-refractivity contribution is 0.170. The molecule has 0 radical (unpaired) electrons. The van der Waals surface area contributed by atoms with E-state index in [0.717, 1.165) is 36.3 Å². The number of nitrogens with zero attached hydrogens (tertiary/aromatic N) is 4. The number of aromatic nitrogens is 2. The molecule has 30 heavy (non-hydrogen) atoms. The monoisotopic (exact) mass is 400 g/mol. The van der Waals surface area contributed by atoms with E-state index in [-0.39, 0.29) is 0 Å². The maximum absolute atomic E-state index is 4.94. The van der Waals surface area contributed by atoms with Gasteiger partial charge >= 0.3 is 0 Å². The molecule has 1 saturated carbocycles. The number of anilines is 1. The molecule has 1 atom stereocenters. The number of fused-ring (bicyclic) bond motifs is 1. The number of hydrogen-bond acceptors (Lipinski definition) is 4. The van der Waals surface area contributed by atoms with Crippen LogP contribution in [0.5, 0.6) is 0 Å². The number of hydrogen-bond donors (Lipinski definition) is 0. The summed E-state index contributed by atoms with van der Waals surface area (Å²) >= 11 is 0. The molecule has 3 aromatic rings. The average Bonchev–Trinajstić information content (AvgIpc) is 3.28. The minimum Gasteiger partial charge on any atom is -0.340 e. The van der Waals surface area contributed by atoms with Crippen LogP contribution in [-0.2, 0) is 0 Å². The highest BCUT2D eigenvalue weighted by atomic mass is 15.3. The van der Waals surface area contributed by atoms with Crippen molar-refractivity contribution in [3.63, 3.8) is 0 Å². The van der Waals surface area contributed by atoms with E-state index in [2.05, 4.69) is 64.3 Å². The number of benzene rings is 2. The molecule has 156 valence electrons. The second-order valence-corrected chi connectivity index (χ2v) is 9.14. The first-order valence-corrected chi connectivity index (χ1v) is 11.5. The highest BCUT2D eigenvalue weighted by Crippen LogP contribution is 2.28. The third-order valence-corrected chi connectivity index (χ3v) is 7.00. The topological polar surface area (TPSA) is 32.3 Å². The zero-order valence-corrected chi connectivity index (χ0v) is 18.0. The van der Waals surface area contributed by atoms with Crippen molar-refractivity contribution in [2.75, 3.05) is 31.6 Å². The molecule has 4 nitrogen and oxygen atoms in total. The Kier molecular flexibility index (Phi) is 5.67. The molecule has 0 bridgehead atoms. The lowest BCUT2D eigenvalue weighted by Crippen LogP contribution is -2.37. The molecule has 0 amide bonds. The van der Waals surface area contributed by atoms with Crippen molar-refractivity contribution in [3.8, 4) is 11.3 Å². The quantitative estimate of drug-likeness (QED) is 0.575. The summed E-state index contributed by atoms with van der Waals surface area (Å²) < 4.78 is 0. The molecular formula is C26H32N4. The molecule has 2 fully saturated rings. The molecule has 0 spiro atoms. The predicted octanol–water partition coefficient (Wildman–Crippen LogP) is 5.39. The van der Waals surface area contributed by atoms with Gasteiger partial charge in [0.05, 0.1) is 5.69 Å². The highest BCUT2D eigenvalue weighted by molar-refractivity contribution is 5.86.